The molecular formula is C34H26N10. The van der Waals surface area contributed by atoms with E-state index in [-0.39, 0.29) is 0 Å². The number of aromatic nitrogens is 2. The molecule has 2 aromatic heterocycles. The van der Waals surface area contributed by atoms with E-state index in [4.69, 9.17) is 0 Å². The Morgan fingerprint density at radius 2 is 0.455 bits per heavy atom. The number of rotatable bonds is 8. The van der Waals surface area contributed by atoms with E-state index in [0.29, 0.717) is 23.3 Å². The molecular weight excluding hydrogens is 548 g/mol. The van der Waals surface area contributed by atoms with E-state index in [0.717, 1.165) is 22.7 Å². The molecule has 0 aliphatic rings. The van der Waals surface area contributed by atoms with E-state index >= 15 is 0 Å². The lowest BCUT2D eigenvalue weighted by Gasteiger charge is -1.95. The Morgan fingerprint density at radius 1 is 0.227 bits per heavy atom. The molecule has 212 valence electrons. The summed E-state index contributed by atoms with van der Waals surface area (Å²) in [7, 11) is 0. The van der Waals surface area contributed by atoms with Crippen molar-refractivity contribution in [3.8, 4) is 0 Å². The van der Waals surface area contributed by atoms with Gasteiger partial charge in [-0.15, -0.1) is 40.9 Å². The molecule has 10 nitrogen and oxygen atoms in total. The van der Waals surface area contributed by atoms with E-state index in [1.54, 1.807) is 24.3 Å². The molecule has 2 heterocycles. The summed E-state index contributed by atoms with van der Waals surface area (Å²) >= 11 is 0. The average molecular weight is 575 g/mol. The Labute approximate surface area is 254 Å². The number of azo groups is 4. The monoisotopic (exact) mass is 574 g/mol. The quantitative estimate of drug-likeness (QED) is 0.168. The van der Waals surface area contributed by atoms with Crippen LogP contribution in [0.25, 0.3) is 0 Å². The van der Waals surface area contributed by atoms with Crippen molar-refractivity contribution in [3.05, 3.63) is 158 Å². The lowest BCUT2D eigenvalue weighted by molar-refractivity contribution is 1.11. The van der Waals surface area contributed by atoms with Crippen molar-refractivity contribution in [2.24, 2.45) is 40.9 Å². The summed E-state index contributed by atoms with van der Waals surface area (Å²) in [5.74, 6) is 1.98. The Morgan fingerprint density at radius 3 is 0.682 bits per heavy atom. The number of benzene rings is 4. The van der Waals surface area contributed by atoms with E-state index in [1.165, 1.54) is 0 Å². The standard InChI is InChI=1S/2C17H13N5/c2*1-3-8-14(9-4-1)19-21-16-12-7-13-17(18-16)22-20-15-10-5-2-6-11-15/h2*1-13H. The second-order valence-corrected chi connectivity index (χ2v) is 8.85. The van der Waals surface area contributed by atoms with Crippen molar-refractivity contribution in [2.75, 3.05) is 0 Å². The van der Waals surface area contributed by atoms with Gasteiger partial charge in [-0.1, -0.05) is 84.9 Å². The molecule has 10 heteroatoms. The maximum absolute atomic E-state index is 4.28. The first-order valence-electron chi connectivity index (χ1n) is 13.6. The summed E-state index contributed by atoms with van der Waals surface area (Å²) in [4.78, 5) is 8.56. The van der Waals surface area contributed by atoms with Crippen LogP contribution in [-0.2, 0) is 0 Å². The summed E-state index contributed by atoms with van der Waals surface area (Å²) in [6.07, 6.45) is 0. The van der Waals surface area contributed by atoms with Gasteiger partial charge in [0.05, 0.1) is 22.7 Å². The molecule has 0 saturated carbocycles. The van der Waals surface area contributed by atoms with E-state index in [2.05, 4.69) is 50.9 Å². The Balaban J connectivity index is 0.000000175. The Hall–Kier alpha value is -6.42. The molecule has 0 fully saturated rings. The summed E-state index contributed by atoms with van der Waals surface area (Å²) in [5.41, 5.74) is 3.11. The number of hydrogen-bond donors (Lipinski definition) is 0. The maximum Gasteiger partial charge on any atom is 0.176 e. The van der Waals surface area contributed by atoms with Crippen LogP contribution in [0.15, 0.2) is 199 Å². The maximum atomic E-state index is 4.28. The van der Waals surface area contributed by atoms with Gasteiger partial charge in [-0.25, -0.2) is 9.97 Å². The number of nitrogens with zero attached hydrogens (tertiary/aromatic N) is 10. The molecule has 0 saturated heterocycles. The van der Waals surface area contributed by atoms with Gasteiger partial charge in [0.25, 0.3) is 0 Å². The SMILES string of the molecule is c1ccc(N=Nc2cccc(N=Nc3ccccc3)n2)cc1.c1ccc(N=Nc2cccc(N=Nc3ccccc3)n2)cc1. The van der Waals surface area contributed by atoms with Crippen molar-refractivity contribution in [1.82, 2.24) is 9.97 Å². The van der Waals surface area contributed by atoms with Crippen molar-refractivity contribution in [3.63, 3.8) is 0 Å². The van der Waals surface area contributed by atoms with Gasteiger partial charge in [0.15, 0.2) is 23.3 Å². The van der Waals surface area contributed by atoms with E-state index in [1.807, 2.05) is 133 Å². The zero-order valence-corrected chi connectivity index (χ0v) is 23.5. The van der Waals surface area contributed by atoms with Gasteiger partial charge in [-0.2, -0.15) is 0 Å². The van der Waals surface area contributed by atoms with Gasteiger partial charge < -0.3 is 0 Å². The van der Waals surface area contributed by atoms with Gasteiger partial charge in [0, 0.05) is 0 Å². The van der Waals surface area contributed by atoms with Gasteiger partial charge >= 0.3 is 0 Å². The molecule has 0 N–H and O–H groups in total. The molecule has 0 aliphatic heterocycles. The Kier molecular flexibility index (Phi) is 10.7. The highest BCUT2D eigenvalue weighted by atomic mass is 15.2. The summed E-state index contributed by atoms with van der Waals surface area (Å²) in [6, 6.07) is 48.8. The fraction of sp³-hybridized carbons (Fsp3) is 0. The first-order chi connectivity index (χ1) is 21.8. The molecule has 0 spiro atoms. The van der Waals surface area contributed by atoms with Crippen molar-refractivity contribution in [2.45, 2.75) is 0 Å². The predicted octanol–water partition coefficient (Wildman–Crippen LogP) is 11.8. The second-order valence-electron chi connectivity index (χ2n) is 8.85. The number of pyridine rings is 2. The topological polar surface area (TPSA) is 125 Å². The highest BCUT2D eigenvalue weighted by molar-refractivity contribution is 5.42. The van der Waals surface area contributed by atoms with Crippen LogP contribution < -0.4 is 0 Å². The molecule has 0 amide bonds. The Bertz CT molecular complexity index is 1570. The van der Waals surface area contributed by atoms with Crippen molar-refractivity contribution in [1.29, 1.82) is 0 Å². The summed E-state index contributed by atoms with van der Waals surface area (Å²) in [5, 5.41) is 32.9. The molecule has 0 aliphatic carbocycles. The largest absolute Gasteiger partial charge is 0.206 e. The van der Waals surface area contributed by atoms with Crippen LogP contribution in [0.1, 0.15) is 0 Å². The van der Waals surface area contributed by atoms with Crippen molar-refractivity contribution >= 4 is 46.0 Å². The molecule has 44 heavy (non-hydrogen) atoms. The highest BCUT2D eigenvalue weighted by Crippen LogP contribution is 2.22. The van der Waals surface area contributed by atoms with Crippen LogP contribution in [-0.4, -0.2) is 9.97 Å². The van der Waals surface area contributed by atoms with E-state index < -0.39 is 0 Å². The average Bonchev–Trinajstić information content (AvgIpc) is 3.10. The van der Waals surface area contributed by atoms with Gasteiger partial charge in [0.2, 0.25) is 0 Å². The normalized spacial score (nSPS) is 11.3. The lowest BCUT2D eigenvalue weighted by Crippen LogP contribution is -1.73. The van der Waals surface area contributed by atoms with Gasteiger partial charge in [0.1, 0.15) is 0 Å². The third-order valence-corrected chi connectivity index (χ3v) is 5.54. The molecule has 0 bridgehead atoms. The van der Waals surface area contributed by atoms with Crippen LogP contribution in [0.4, 0.5) is 46.0 Å². The number of hydrogen-bond acceptors (Lipinski definition) is 10. The molecule has 0 atom stereocenters. The first kappa shape index (κ1) is 29.1. The fourth-order valence-corrected chi connectivity index (χ4v) is 3.46. The zero-order chi connectivity index (χ0) is 30.1. The minimum absolute atomic E-state index is 0.494. The van der Waals surface area contributed by atoms with E-state index in [9.17, 15) is 0 Å². The summed E-state index contributed by atoms with van der Waals surface area (Å²) in [6.45, 7) is 0. The molecule has 4 aromatic carbocycles. The fourth-order valence-electron chi connectivity index (χ4n) is 3.46. The highest BCUT2D eigenvalue weighted by Gasteiger charge is 1.97. The zero-order valence-electron chi connectivity index (χ0n) is 23.5. The van der Waals surface area contributed by atoms with Crippen LogP contribution >= 0.6 is 0 Å². The molecule has 0 unspecified atom stereocenters. The third kappa shape index (κ3) is 9.89. The minimum Gasteiger partial charge on any atom is -0.206 e. The van der Waals surface area contributed by atoms with Crippen LogP contribution in [0.2, 0.25) is 0 Å². The molecule has 6 rings (SSSR count). The minimum atomic E-state index is 0.494. The van der Waals surface area contributed by atoms with Crippen LogP contribution in [0.3, 0.4) is 0 Å². The van der Waals surface area contributed by atoms with Crippen molar-refractivity contribution < 1.29 is 0 Å². The smallest absolute Gasteiger partial charge is 0.176 e. The van der Waals surface area contributed by atoms with Gasteiger partial charge in [-0.05, 0) is 72.8 Å². The van der Waals surface area contributed by atoms with Crippen LogP contribution in [0.5, 0.6) is 0 Å². The molecule has 0 radical (unpaired) electrons. The summed E-state index contributed by atoms with van der Waals surface area (Å²) < 4.78 is 0. The lowest BCUT2D eigenvalue weighted by atomic mass is 10.3. The van der Waals surface area contributed by atoms with Crippen LogP contribution in [0, 0.1) is 0 Å². The third-order valence-electron chi connectivity index (χ3n) is 5.54. The van der Waals surface area contributed by atoms with Gasteiger partial charge in [-0.3, -0.25) is 0 Å². The predicted molar refractivity (Wildman–Crippen MR) is 171 cm³/mol. The molecule has 6 aromatic rings. The second kappa shape index (κ2) is 16.1. The first-order valence-corrected chi connectivity index (χ1v) is 13.6.